The van der Waals surface area contributed by atoms with Gasteiger partial charge < -0.3 is 10.0 Å². The molecule has 0 aliphatic carbocycles. The van der Waals surface area contributed by atoms with Crippen LogP contribution in [0.1, 0.15) is 71.1 Å². The molecule has 1 N–H and O–H groups in total. The summed E-state index contributed by atoms with van der Waals surface area (Å²) in [6, 6.07) is 0. The molecule has 0 aliphatic rings. The first-order chi connectivity index (χ1) is 9.18. The van der Waals surface area contributed by atoms with Crippen LogP contribution in [0.2, 0.25) is 0 Å². The summed E-state index contributed by atoms with van der Waals surface area (Å²) in [5, 5.41) is 8.20. The monoisotopic (exact) mass is 293 g/mol. The Morgan fingerprint density at radius 3 is 1.47 bits per heavy atom. The van der Waals surface area contributed by atoms with E-state index in [0.29, 0.717) is 0 Å². The molecule has 0 amide bonds. The first-order valence-corrected chi connectivity index (χ1v) is 8.54. The van der Waals surface area contributed by atoms with Crippen LogP contribution >= 0.6 is 11.6 Å². The van der Waals surface area contributed by atoms with Crippen LogP contribution in [0.3, 0.4) is 0 Å². The van der Waals surface area contributed by atoms with Gasteiger partial charge in [-0.1, -0.05) is 64.7 Å². The van der Waals surface area contributed by atoms with Gasteiger partial charge in [-0.3, -0.25) is 0 Å². The standard InChI is InChI=1S/C12H25Cl.C4H11NO/c1-2-3-4-5-6-7-8-9-10-11-12-13;1-5(2)3-4-6/h2-12H2,1H3;6H,3-4H2,1-2H3. The van der Waals surface area contributed by atoms with Crippen molar-refractivity contribution in [3.63, 3.8) is 0 Å². The van der Waals surface area contributed by atoms with E-state index in [9.17, 15) is 0 Å². The van der Waals surface area contributed by atoms with Crippen LogP contribution in [0, 0.1) is 0 Å². The average molecular weight is 294 g/mol. The smallest absolute Gasteiger partial charge is 0.0558 e. The number of aliphatic hydroxyl groups excluding tert-OH is 1. The maximum absolute atomic E-state index is 8.20. The highest BCUT2D eigenvalue weighted by Gasteiger charge is 1.91. The van der Waals surface area contributed by atoms with E-state index in [4.69, 9.17) is 16.7 Å². The second-order valence-corrected chi connectivity index (χ2v) is 5.78. The van der Waals surface area contributed by atoms with Crippen LogP contribution in [0.15, 0.2) is 0 Å². The summed E-state index contributed by atoms with van der Waals surface area (Å²) in [6.45, 7) is 3.29. The number of aliphatic hydroxyl groups is 1. The van der Waals surface area contributed by atoms with Crippen molar-refractivity contribution in [2.45, 2.75) is 71.1 Å². The van der Waals surface area contributed by atoms with Crippen LogP contribution in [-0.2, 0) is 0 Å². The fourth-order valence-corrected chi connectivity index (χ4v) is 1.97. The van der Waals surface area contributed by atoms with Gasteiger partial charge in [-0.15, -0.1) is 11.6 Å². The Labute approximate surface area is 126 Å². The average Bonchev–Trinajstić information content (AvgIpc) is 2.37. The van der Waals surface area contributed by atoms with E-state index < -0.39 is 0 Å². The number of hydrogen-bond donors (Lipinski definition) is 1. The summed E-state index contributed by atoms with van der Waals surface area (Å²) in [7, 11) is 3.85. The number of nitrogens with zero attached hydrogens (tertiary/aromatic N) is 1. The van der Waals surface area contributed by atoms with E-state index in [0.717, 1.165) is 12.4 Å². The Bertz CT molecular complexity index is 133. The Morgan fingerprint density at radius 2 is 1.21 bits per heavy atom. The Morgan fingerprint density at radius 1 is 0.789 bits per heavy atom. The number of alkyl halides is 1. The van der Waals surface area contributed by atoms with Gasteiger partial charge in [0.25, 0.3) is 0 Å². The molecule has 118 valence electrons. The normalized spacial score (nSPS) is 10.4. The van der Waals surface area contributed by atoms with Crippen molar-refractivity contribution in [3.05, 3.63) is 0 Å². The minimum atomic E-state index is 0.257. The zero-order valence-corrected chi connectivity index (χ0v) is 14.2. The molecule has 0 aromatic carbocycles. The molecule has 0 aromatic rings. The van der Waals surface area contributed by atoms with Crippen molar-refractivity contribution in [1.82, 2.24) is 4.90 Å². The van der Waals surface area contributed by atoms with Crippen LogP contribution in [0.5, 0.6) is 0 Å². The van der Waals surface area contributed by atoms with E-state index in [1.165, 1.54) is 64.2 Å². The molecule has 0 fully saturated rings. The fourth-order valence-electron chi connectivity index (χ4n) is 1.78. The first kappa shape index (κ1) is 21.5. The number of unbranched alkanes of at least 4 members (excludes halogenated alkanes) is 9. The molecule has 3 heteroatoms. The van der Waals surface area contributed by atoms with E-state index in [1.807, 2.05) is 19.0 Å². The first-order valence-electron chi connectivity index (χ1n) is 8.00. The highest BCUT2D eigenvalue weighted by molar-refractivity contribution is 6.17. The number of likely N-dealkylation sites (N-methyl/N-ethyl adjacent to an activating group) is 1. The van der Waals surface area contributed by atoms with Gasteiger partial charge in [-0.05, 0) is 20.5 Å². The maximum atomic E-state index is 8.20. The molecule has 0 spiro atoms. The lowest BCUT2D eigenvalue weighted by Gasteiger charge is -2.03. The van der Waals surface area contributed by atoms with Crippen molar-refractivity contribution >= 4 is 11.6 Å². The molecule has 0 heterocycles. The molecule has 0 radical (unpaired) electrons. The molecular weight excluding hydrogens is 258 g/mol. The maximum Gasteiger partial charge on any atom is 0.0558 e. The largest absolute Gasteiger partial charge is 0.395 e. The van der Waals surface area contributed by atoms with Gasteiger partial charge in [0, 0.05) is 12.4 Å². The van der Waals surface area contributed by atoms with Gasteiger partial charge in [-0.25, -0.2) is 0 Å². The molecule has 0 rings (SSSR count). The number of rotatable bonds is 12. The quantitative estimate of drug-likeness (QED) is 0.417. The van der Waals surface area contributed by atoms with Gasteiger partial charge in [0.2, 0.25) is 0 Å². The summed E-state index contributed by atoms with van der Waals surface area (Å²) in [4.78, 5) is 1.93. The predicted octanol–water partition coefficient (Wildman–Crippen LogP) is 4.69. The summed E-state index contributed by atoms with van der Waals surface area (Å²) in [5.41, 5.74) is 0. The van der Waals surface area contributed by atoms with Gasteiger partial charge in [0.15, 0.2) is 0 Å². The molecule has 2 nitrogen and oxygen atoms in total. The Hall–Kier alpha value is 0.210. The third-order valence-electron chi connectivity index (χ3n) is 3.03. The zero-order valence-electron chi connectivity index (χ0n) is 13.5. The second-order valence-electron chi connectivity index (χ2n) is 5.40. The molecule has 0 bridgehead atoms. The molecule has 0 aliphatic heterocycles. The lowest BCUT2D eigenvalue weighted by Crippen LogP contribution is -2.15. The summed E-state index contributed by atoms with van der Waals surface area (Å²) >= 11 is 5.60. The number of halogens is 1. The van der Waals surface area contributed by atoms with Gasteiger partial charge in [0.1, 0.15) is 0 Å². The van der Waals surface area contributed by atoms with Crippen LogP contribution in [0.4, 0.5) is 0 Å². The van der Waals surface area contributed by atoms with Gasteiger partial charge >= 0.3 is 0 Å². The summed E-state index contributed by atoms with van der Waals surface area (Å²) in [6.07, 6.45) is 13.9. The molecule has 0 saturated heterocycles. The Balaban J connectivity index is 0. The van der Waals surface area contributed by atoms with Crippen molar-refractivity contribution < 1.29 is 5.11 Å². The van der Waals surface area contributed by atoms with Crippen LogP contribution < -0.4 is 0 Å². The lowest BCUT2D eigenvalue weighted by molar-refractivity contribution is 0.243. The van der Waals surface area contributed by atoms with Crippen molar-refractivity contribution in [2.24, 2.45) is 0 Å². The molecule has 0 aromatic heterocycles. The fraction of sp³-hybridized carbons (Fsp3) is 1.00. The third kappa shape index (κ3) is 27.4. The van der Waals surface area contributed by atoms with E-state index >= 15 is 0 Å². The molecule has 19 heavy (non-hydrogen) atoms. The third-order valence-corrected chi connectivity index (χ3v) is 3.30. The van der Waals surface area contributed by atoms with E-state index in [-0.39, 0.29) is 6.61 Å². The molecule has 0 unspecified atom stereocenters. The second kappa shape index (κ2) is 20.5. The highest BCUT2D eigenvalue weighted by atomic mass is 35.5. The molecule has 0 atom stereocenters. The molecular formula is C16H36ClNO. The minimum Gasteiger partial charge on any atom is -0.395 e. The van der Waals surface area contributed by atoms with Gasteiger partial charge in [0.05, 0.1) is 6.61 Å². The minimum absolute atomic E-state index is 0.257. The van der Waals surface area contributed by atoms with E-state index in [2.05, 4.69) is 6.92 Å². The summed E-state index contributed by atoms with van der Waals surface area (Å²) < 4.78 is 0. The number of hydrogen-bond acceptors (Lipinski definition) is 2. The van der Waals surface area contributed by atoms with Crippen LogP contribution in [-0.4, -0.2) is 43.1 Å². The highest BCUT2D eigenvalue weighted by Crippen LogP contribution is 2.10. The zero-order chi connectivity index (χ0) is 14.8. The van der Waals surface area contributed by atoms with Crippen molar-refractivity contribution in [3.8, 4) is 0 Å². The molecule has 0 saturated carbocycles. The Kier molecular flexibility index (Phi) is 23.2. The lowest BCUT2D eigenvalue weighted by atomic mass is 10.1. The van der Waals surface area contributed by atoms with Crippen molar-refractivity contribution in [2.75, 3.05) is 33.1 Å². The SMILES string of the molecule is CCCCCCCCCCCCCl.CN(C)CCO. The van der Waals surface area contributed by atoms with Crippen LogP contribution in [0.25, 0.3) is 0 Å². The van der Waals surface area contributed by atoms with Crippen molar-refractivity contribution in [1.29, 1.82) is 0 Å². The summed E-state index contributed by atoms with van der Waals surface area (Å²) in [5.74, 6) is 0.844. The topological polar surface area (TPSA) is 23.5 Å². The van der Waals surface area contributed by atoms with E-state index in [1.54, 1.807) is 0 Å². The predicted molar refractivity (Wildman–Crippen MR) is 88.2 cm³/mol. The van der Waals surface area contributed by atoms with Gasteiger partial charge in [-0.2, -0.15) is 0 Å².